The molecule has 5 nitrogen and oxygen atoms in total. The molecule has 0 saturated carbocycles. The molecule has 0 aromatic heterocycles. The van der Waals surface area contributed by atoms with Crippen molar-refractivity contribution in [2.24, 2.45) is 0 Å². The van der Waals surface area contributed by atoms with Gasteiger partial charge in [0.1, 0.15) is 17.3 Å². The minimum absolute atomic E-state index is 0.00302. The zero-order chi connectivity index (χ0) is 18.9. The van der Waals surface area contributed by atoms with Crippen LogP contribution in [0.1, 0.15) is 16.7 Å². The SMILES string of the molecule is COc1ccc(/C=C/C(=O)C=C(O)/C=C/c2ccc(O)c(CO)c2)cc1. The molecule has 2 aromatic carbocycles. The quantitative estimate of drug-likeness (QED) is 0.402. The molecule has 134 valence electrons. The second-order valence-electron chi connectivity index (χ2n) is 5.46. The van der Waals surface area contributed by atoms with Crippen LogP contribution in [0.4, 0.5) is 0 Å². The third-order valence-corrected chi connectivity index (χ3v) is 3.57. The molecule has 5 heteroatoms. The number of methoxy groups -OCH3 is 1. The molecular weight excluding hydrogens is 332 g/mol. The van der Waals surface area contributed by atoms with Crippen molar-refractivity contribution in [3.63, 3.8) is 0 Å². The zero-order valence-electron chi connectivity index (χ0n) is 14.3. The highest BCUT2D eigenvalue weighted by Gasteiger charge is 2.00. The van der Waals surface area contributed by atoms with Crippen molar-refractivity contribution < 1.29 is 24.9 Å². The molecule has 26 heavy (non-hydrogen) atoms. The van der Waals surface area contributed by atoms with Crippen LogP contribution < -0.4 is 4.74 Å². The number of aliphatic hydroxyl groups is 2. The van der Waals surface area contributed by atoms with Gasteiger partial charge in [0.05, 0.1) is 13.7 Å². The van der Waals surface area contributed by atoms with E-state index >= 15 is 0 Å². The first-order valence-electron chi connectivity index (χ1n) is 7.89. The summed E-state index contributed by atoms with van der Waals surface area (Å²) < 4.78 is 5.06. The van der Waals surface area contributed by atoms with E-state index in [1.54, 1.807) is 43.5 Å². The maximum absolute atomic E-state index is 11.9. The van der Waals surface area contributed by atoms with Gasteiger partial charge in [0.25, 0.3) is 0 Å². The van der Waals surface area contributed by atoms with E-state index in [9.17, 15) is 15.0 Å². The Kier molecular flexibility index (Phi) is 6.76. The highest BCUT2D eigenvalue weighted by Crippen LogP contribution is 2.19. The van der Waals surface area contributed by atoms with E-state index in [1.807, 2.05) is 12.1 Å². The van der Waals surface area contributed by atoms with Gasteiger partial charge in [-0.1, -0.05) is 30.4 Å². The van der Waals surface area contributed by atoms with Gasteiger partial charge in [-0.2, -0.15) is 0 Å². The summed E-state index contributed by atoms with van der Waals surface area (Å²) in [7, 11) is 1.58. The van der Waals surface area contributed by atoms with Crippen molar-refractivity contribution in [3.8, 4) is 11.5 Å². The first kappa shape index (κ1) is 19.0. The van der Waals surface area contributed by atoms with Crippen molar-refractivity contribution in [1.82, 2.24) is 0 Å². The van der Waals surface area contributed by atoms with E-state index in [1.165, 1.54) is 18.2 Å². The summed E-state index contributed by atoms with van der Waals surface area (Å²) in [4.78, 5) is 11.9. The molecule has 0 atom stereocenters. The summed E-state index contributed by atoms with van der Waals surface area (Å²) in [5.74, 6) is 0.177. The van der Waals surface area contributed by atoms with Gasteiger partial charge in [0, 0.05) is 11.6 Å². The monoisotopic (exact) mass is 352 g/mol. The summed E-state index contributed by atoms with van der Waals surface area (Å²) in [6, 6.07) is 11.9. The number of aromatic hydroxyl groups is 1. The molecule has 0 radical (unpaired) electrons. The van der Waals surface area contributed by atoms with Gasteiger partial charge in [-0.3, -0.25) is 4.79 Å². The molecule has 0 aliphatic rings. The number of rotatable bonds is 7. The van der Waals surface area contributed by atoms with Gasteiger partial charge in [0.15, 0.2) is 5.78 Å². The van der Waals surface area contributed by atoms with Crippen LogP contribution in [0.3, 0.4) is 0 Å². The Bertz CT molecular complexity index is 845. The molecule has 2 rings (SSSR count). The van der Waals surface area contributed by atoms with Crippen molar-refractivity contribution in [2.75, 3.05) is 7.11 Å². The fourth-order valence-electron chi connectivity index (χ4n) is 2.15. The Morgan fingerprint density at radius 1 is 1.04 bits per heavy atom. The third kappa shape index (κ3) is 5.65. The molecule has 0 spiro atoms. The summed E-state index contributed by atoms with van der Waals surface area (Å²) in [6.45, 7) is -0.288. The van der Waals surface area contributed by atoms with E-state index in [2.05, 4.69) is 0 Å². The van der Waals surface area contributed by atoms with Gasteiger partial charge in [-0.25, -0.2) is 0 Å². The highest BCUT2D eigenvalue weighted by atomic mass is 16.5. The lowest BCUT2D eigenvalue weighted by Gasteiger charge is -2.01. The van der Waals surface area contributed by atoms with E-state index in [0.717, 1.165) is 17.4 Å². The fourth-order valence-corrected chi connectivity index (χ4v) is 2.15. The zero-order valence-corrected chi connectivity index (χ0v) is 14.3. The number of allylic oxidation sites excluding steroid dienone is 3. The van der Waals surface area contributed by atoms with Gasteiger partial charge in [0.2, 0.25) is 0 Å². The summed E-state index contributed by atoms with van der Waals surface area (Å²) in [5, 5.41) is 28.5. The molecule has 0 amide bonds. The Morgan fingerprint density at radius 2 is 1.69 bits per heavy atom. The number of carbonyl (C=O) groups is 1. The van der Waals surface area contributed by atoms with Gasteiger partial charge in [-0.05, 0) is 47.5 Å². The van der Waals surface area contributed by atoms with Gasteiger partial charge < -0.3 is 20.1 Å². The van der Waals surface area contributed by atoms with Crippen LogP contribution >= 0.6 is 0 Å². The smallest absolute Gasteiger partial charge is 0.182 e. The first-order chi connectivity index (χ1) is 12.5. The number of ketones is 1. The molecule has 0 fully saturated rings. The molecule has 2 aromatic rings. The highest BCUT2D eigenvalue weighted by molar-refractivity contribution is 6.02. The summed E-state index contributed by atoms with van der Waals surface area (Å²) in [6.07, 6.45) is 7.04. The lowest BCUT2D eigenvalue weighted by atomic mass is 10.1. The van der Waals surface area contributed by atoms with Crippen LogP contribution in [0.5, 0.6) is 11.5 Å². The van der Waals surface area contributed by atoms with E-state index < -0.39 is 0 Å². The van der Waals surface area contributed by atoms with Gasteiger partial charge in [-0.15, -0.1) is 0 Å². The molecule has 0 unspecified atom stereocenters. The normalized spacial score (nSPS) is 12.0. The number of phenols is 1. The Labute approximate surface area is 151 Å². The maximum Gasteiger partial charge on any atom is 0.182 e. The Balaban J connectivity index is 2.01. The minimum atomic E-state index is -0.357. The van der Waals surface area contributed by atoms with Crippen LogP contribution in [-0.2, 0) is 11.4 Å². The van der Waals surface area contributed by atoms with E-state index in [0.29, 0.717) is 11.1 Å². The standard InChI is InChI=1S/C21H20O5/c1-26-20-9-4-15(5-10-20)2-7-18(23)13-19(24)8-3-16-6-11-21(25)17(12-16)14-22/h2-13,22,24-25H,14H2,1H3/b7-2+,8-3+,19-13?. The molecular formula is C21H20O5. The molecule has 0 heterocycles. The largest absolute Gasteiger partial charge is 0.508 e. The Hall–Kier alpha value is -3.31. The number of carbonyl (C=O) groups excluding carboxylic acids is 1. The average Bonchev–Trinajstić information content (AvgIpc) is 2.66. The van der Waals surface area contributed by atoms with Crippen molar-refractivity contribution in [2.45, 2.75) is 6.61 Å². The van der Waals surface area contributed by atoms with Crippen LogP contribution in [0.15, 0.2) is 66.5 Å². The second-order valence-corrected chi connectivity index (χ2v) is 5.46. The molecule has 0 saturated heterocycles. The van der Waals surface area contributed by atoms with E-state index in [-0.39, 0.29) is 23.9 Å². The maximum atomic E-state index is 11.9. The number of ether oxygens (including phenoxy) is 1. The van der Waals surface area contributed by atoms with Gasteiger partial charge >= 0.3 is 0 Å². The number of hydrogen-bond donors (Lipinski definition) is 3. The predicted molar refractivity (Wildman–Crippen MR) is 101 cm³/mol. The third-order valence-electron chi connectivity index (χ3n) is 3.57. The van der Waals surface area contributed by atoms with Crippen molar-refractivity contribution >= 4 is 17.9 Å². The second kappa shape index (κ2) is 9.25. The molecule has 0 aliphatic carbocycles. The van der Waals surface area contributed by atoms with Crippen molar-refractivity contribution in [3.05, 3.63) is 83.1 Å². The van der Waals surface area contributed by atoms with Crippen molar-refractivity contribution in [1.29, 1.82) is 0 Å². The number of aliphatic hydroxyl groups excluding tert-OH is 2. The molecule has 0 aliphatic heterocycles. The van der Waals surface area contributed by atoms with Crippen LogP contribution in [-0.4, -0.2) is 28.2 Å². The lowest BCUT2D eigenvalue weighted by Crippen LogP contribution is -1.89. The van der Waals surface area contributed by atoms with E-state index in [4.69, 9.17) is 9.84 Å². The minimum Gasteiger partial charge on any atom is -0.508 e. The van der Waals surface area contributed by atoms with Crippen LogP contribution in [0.2, 0.25) is 0 Å². The predicted octanol–water partition coefficient (Wildman–Crippen LogP) is 3.63. The molecule has 0 bridgehead atoms. The molecule has 3 N–H and O–H groups in total. The van der Waals surface area contributed by atoms with Crippen LogP contribution in [0.25, 0.3) is 12.2 Å². The number of benzene rings is 2. The average molecular weight is 352 g/mol. The summed E-state index contributed by atoms with van der Waals surface area (Å²) in [5.41, 5.74) is 1.89. The number of hydrogen-bond acceptors (Lipinski definition) is 5. The first-order valence-corrected chi connectivity index (χ1v) is 7.89. The summed E-state index contributed by atoms with van der Waals surface area (Å²) >= 11 is 0. The topological polar surface area (TPSA) is 87.0 Å². The fraction of sp³-hybridized carbons (Fsp3) is 0.0952. The Morgan fingerprint density at radius 3 is 2.35 bits per heavy atom. The van der Waals surface area contributed by atoms with Crippen LogP contribution in [0, 0.1) is 0 Å². The lowest BCUT2D eigenvalue weighted by molar-refractivity contribution is -0.110.